The number of carboxylic acids is 1. The van der Waals surface area contributed by atoms with E-state index in [-0.39, 0.29) is 16.4 Å². The summed E-state index contributed by atoms with van der Waals surface area (Å²) in [6, 6.07) is 13.8. The number of carboxylic acid groups (broad SMARTS) is 1. The lowest BCUT2D eigenvalue weighted by atomic mass is 10.1. The minimum atomic E-state index is -5.08. The first-order valence-corrected chi connectivity index (χ1v) is 13.4. The van der Waals surface area contributed by atoms with Gasteiger partial charge >= 0.3 is 12.1 Å². The van der Waals surface area contributed by atoms with E-state index in [1.54, 1.807) is 13.1 Å². The van der Waals surface area contributed by atoms with Gasteiger partial charge in [-0.25, -0.2) is 22.9 Å². The number of halogens is 3. The first-order valence-electron chi connectivity index (χ1n) is 11.9. The number of Topliss-reactive ketones (excluding diaryl/α,β-unsaturated/α-hetero) is 1. The fourth-order valence-corrected chi connectivity index (χ4v) is 4.72. The van der Waals surface area contributed by atoms with Crippen LogP contribution in [0.1, 0.15) is 50.9 Å². The molecule has 1 atom stereocenters. The maximum atomic E-state index is 13.0. The largest absolute Gasteiger partial charge is 0.490 e. The Morgan fingerprint density at radius 1 is 1.10 bits per heavy atom. The number of carbonyl (C=O) groups excluding carboxylic acids is 1. The van der Waals surface area contributed by atoms with Gasteiger partial charge < -0.3 is 14.9 Å². The Bertz CT molecular complexity index is 1410. The Labute approximate surface area is 227 Å². The predicted molar refractivity (Wildman–Crippen MR) is 138 cm³/mol. The molecule has 0 saturated carbocycles. The number of nitro groups is 1. The molecule has 2 aromatic carbocycles. The van der Waals surface area contributed by atoms with Crippen LogP contribution in [0.25, 0.3) is 11.3 Å². The summed E-state index contributed by atoms with van der Waals surface area (Å²) in [4.78, 5) is 37.9. The number of carbonyl (C=O) groups is 2. The molecular formula is C25H27F3N4O7S. The highest BCUT2D eigenvalue weighted by molar-refractivity contribution is 7.89. The number of sulfonamides is 1. The average molecular weight is 585 g/mol. The first kappa shape index (κ1) is 32.1. The molecule has 1 heterocycles. The van der Waals surface area contributed by atoms with Crippen LogP contribution in [-0.4, -0.2) is 46.3 Å². The SMILES string of the molecule is CC(=O)CCCCC[C@H](NS(=O)(=O)c1cccc([N+](=O)[O-])c1)c1ncc(-c2ccccc2)[nH]1.O=C(O)C(F)(F)F. The Kier molecular flexibility index (Phi) is 11.5. The van der Waals surface area contributed by atoms with Crippen molar-refractivity contribution in [3.8, 4) is 11.3 Å². The van der Waals surface area contributed by atoms with Crippen LogP contribution in [0.15, 0.2) is 65.7 Å². The molecule has 0 radical (unpaired) electrons. The van der Waals surface area contributed by atoms with E-state index >= 15 is 0 Å². The van der Waals surface area contributed by atoms with E-state index in [0.29, 0.717) is 25.1 Å². The molecule has 0 amide bonds. The maximum Gasteiger partial charge on any atom is 0.490 e. The van der Waals surface area contributed by atoms with Crippen molar-refractivity contribution < 1.29 is 41.2 Å². The maximum absolute atomic E-state index is 13.0. The molecule has 0 bridgehead atoms. The molecule has 3 aromatic rings. The number of rotatable bonds is 12. The van der Waals surface area contributed by atoms with Gasteiger partial charge in [-0.2, -0.15) is 13.2 Å². The van der Waals surface area contributed by atoms with E-state index in [1.165, 1.54) is 18.2 Å². The first-order chi connectivity index (χ1) is 18.7. The van der Waals surface area contributed by atoms with Gasteiger partial charge in [0.15, 0.2) is 0 Å². The fraction of sp³-hybridized carbons (Fsp3) is 0.320. The third-order valence-corrected chi connectivity index (χ3v) is 6.88. The molecule has 0 saturated heterocycles. The quantitative estimate of drug-likeness (QED) is 0.148. The summed E-state index contributed by atoms with van der Waals surface area (Å²) in [5, 5.41) is 18.2. The number of ketones is 1. The number of imidazole rings is 1. The molecule has 11 nitrogen and oxygen atoms in total. The lowest BCUT2D eigenvalue weighted by Crippen LogP contribution is -2.29. The minimum Gasteiger partial charge on any atom is -0.475 e. The van der Waals surface area contributed by atoms with Crippen LogP contribution in [0, 0.1) is 10.1 Å². The second-order valence-electron chi connectivity index (χ2n) is 8.58. The van der Waals surface area contributed by atoms with Crippen LogP contribution in [-0.2, 0) is 19.6 Å². The average Bonchev–Trinajstić information content (AvgIpc) is 3.38. The molecule has 0 aliphatic heterocycles. The Balaban J connectivity index is 0.000000708. The van der Waals surface area contributed by atoms with Crippen molar-refractivity contribution in [3.63, 3.8) is 0 Å². The number of aromatic nitrogens is 2. The molecule has 0 unspecified atom stereocenters. The van der Waals surface area contributed by atoms with Crippen LogP contribution in [0.3, 0.4) is 0 Å². The van der Waals surface area contributed by atoms with Crippen molar-refractivity contribution in [1.82, 2.24) is 14.7 Å². The summed E-state index contributed by atoms with van der Waals surface area (Å²) in [6.45, 7) is 1.55. The number of benzene rings is 2. The number of aliphatic carboxylic acids is 1. The number of non-ortho nitro benzene ring substituents is 1. The van der Waals surface area contributed by atoms with E-state index in [0.717, 1.165) is 30.2 Å². The van der Waals surface area contributed by atoms with Crippen molar-refractivity contribution in [2.24, 2.45) is 0 Å². The summed E-state index contributed by atoms with van der Waals surface area (Å²) < 4.78 is 60.4. The van der Waals surface area contributed by atoms with Crippen molar-refractivity contribution >= 4 is 27.5 Å². The van der Waals surface area contributed by atoms with E-state index in [2.05, 4.69) is 14.7 Å². The number of nitrogens with zero attached hydrogens (tertiary/aromatic N) is 2. The second kappa shape index (κ2) is 14.3. The molecule has 1 aromatic heterocycles. The summed E-state index contributed by atoms with van der Waals surface area (Å²) in [5.74, 6) is -2.18. The third kappa shape index (κ3) is 10.2. The molecule has 216 valence electrons. The van der Waals surface area contributed by atoms with Crippen LogP contribution in [0.2, 0.25) is 0 Å². The Morgan fingerprint density at radius 2 is 1.75 bits per heavy atom. The highest BCUT2D eigenvalue weighted by atomic mass is 32.2. The number of hydrogen-bond donors (Lipinski definition) is 3. The zero-order chi connectivity index (χ0) is 29.9. The van der Waals surface area contributed by atoms with Crippen molar-refractivity contribution in [3.05, 3.63) is 76.7 Å². The zero-order valence-corrected chi connectivity index (χ0v) is 22.0. The third-order valence-electron chi connectivity index (χ3n) is 5.41. The molecule has 3 rings (SSSR count). The van der Waals surface area contributed by atoms with Crippen LogP contribution >= 0.6 is 0 Å². The molecular weight excluding hydrogens is 557 g/mol. The van der Waals surface area contributed by atoms with Gasteiger partial charge in [-0.05, 0) is 31.4 Å². The summed E-state index contributed by atoms with van der Waals surface area (Å²) in [5.41, 5.74) is 1.36. The molecule has 0 aliphatic carbocycles. The van der Waals surface area contributed by atoms with Crippen molar-refractivity contribution in [2.75, 3.05) is 0 Å². The number of aromatic amines is 1. The fourth-order valence-electron chi connectivity index (χ4n) is 3.45. The normalized spacial score (nSPS) is 12.2. The van der Waals surface area contributed by atoms with Gasteiger partial charge in [0.05, 0.1) is 27.8 Å². The van der Waals surface area contributed by atoms with Gasteiger partial charge in [0, 0.05) is 18.6 Å². The number of H-pyrrole nitrogens is 1. The van der Waals surface area contributed by atoms with Gasteiger partial charge in [0.25, 0.3) is 5.69 Å². The van der Waals surface area contributed by atoms with Crippen molar-refractivity contribution in [1.29, 1.82) is 0 Å². The van der Waals surface area contributed by atoms with Crippen molar-refractivity contribution in [2.45, 2.75) is 56.1 Å². The van der Waals surface area contributed by atoms with E-state index in [1.807, 2.05) is 30.3 Å². The molecule has 40 heavy (non-hydrogen) atoms. The summed E-state index contributed by atoms with van der Waals surface area (Å²) in [6.07, 6.45) is -0.323. The smallest absolute Gasteiger partial charge is 0.475 e. The van der Waals surface area contributed by atoms with Crippen LogP contribution in [0.5, 0.6) is 0 Å². The summed E-state index contributed by atoms with van der Waals surface area (Å²) in [7, 11) is -4.04. The molecule has 3 N–H and O–H groups in total. The number of hydrogen-bond acceptors (Lipinski definition) is 7. The van der Waals surface area contributed by atoms with Crippen LogP contribution in [0.4, 0.5) is 18.9 Å². The minimum absolute atomic E-state index is 0.122. The topological polar surface area (TPSA) is 172 Å². The van der Waals surface area contributed by atoms with Gasteiger partial charge in [-0.15, -0.1) is 0 Å². The second-order valence-corrected chi connectivity index (χ2v) is 10.3. The van der Waals surface area contributed by atoms with Crippen LogP contribution < -0.4 is 4.72 Å². The lowest BCUT2D eigenvalue weighted by molar-refractivity contribution is -0.385. The zero-order valence-electron chi connectivity index (χ0n) is 21.2. The monoisotopic (exact) mass is 584 g/mol. The van der Waals surface area contributed by atoms with E-state index in [9.17, 15) is 36.5 Å². The van der Waals surface area contributed by atoms with E-state index < -0.39 is 33.1 Å². The summed E-state index contributed by atoms with van der Waals surface area (Å²) >= 11 is 0. The molecule has 0 fully saturated rings. The van der Waals surface area contributed by atoms with Gasteiger partial charge in [0.1, 0.15) is 11.6 Å². The standard InChI is InChI=1S/C23H26N4O5S.C2HF3O2/c1-17(28)9-4-2-7-14-21(23-24-16-22(25-23)18-10-5-3-6-11-18)26-33(31,32)20-13-8-12-19(15-20)27(29)30;3-2(4,5)1(6)7/h3,5-6,8,10-13,15-16,21,26H,2,4,7,9,14H2,1H3,(H,24,25);(H,6,7)/t21-;/m0./s1. The molecule has 15 heteroatoms. The van der Waals surface area contributed by atoms with Gasteiger partial charge in [-0.1, -0.05) is 49.2 Å². The Hall–Kier alpha value is -4.11. The molecule has 0 spiro atoms. The van der Waals surface area contributed by atoms with Gasteiger partial charge in [-0.3, -0.25) is 10.1 Å². The highest BCUT2D eigenvalue weighted by Crippen LogP contribution is 2.25. The number of unbranched alkanes of at least 4 members (excludes halogenated alkanes) is 2. The predicted octanol–water partition coefficient (Wildman–Crippen LogP) is 5.18. The molecule has 0 aliphatic rings. The number of nitrogens with one attached hydrogen (secondary N) is 2. The van der Waals surface area contributed by atoms with E-state index in [4.69, 9.17) is 9.90 Å². The number of alkyl halides is 3. The highest BCUT2D eigenvalue weighted by Gasteiger charge is 2.38. The number of nitro benzene ring substituents is 1. The lowest BCUT2D eigenvalue weighted by Gasteiger charge is -2.17. The van der Waals surface area contributed by atoms with Gasteiger partial charge in [0.2, 0.25) is 10.0 Å². The Morgan fingerprint density at radius 3 is 2.33 bits per heavy atom.